The second-order valence-electron chi connectivity index (χ2n) is 11.7. The molecule has 1 aliphatic rings. The van der Waals surface area contributed by atoms with Gasteiger partial charge in [0.1, 0.15) is 25.0 Å². The van der Waals surface area contributed by atoms with Crippen molar-refractivity contribution in [3.8, 4) is 0 Å². The van der Waals surface area contributed by atoms with Crippen molar-refractivity contribution in [2.45, 2.75) is 78.0 Å². The van der Waals surface area contributed by atoms with Gasteiger partial charge in [-0.1, -0.05) is 88.9 Å². The zero-order chi connectivity index (χ0) is 34.4. The number of hydrogen-bond donors (Lipinski definition) is 0. The van der Waals surface area contributed by atoms with Gasteiger partial charge in [0, 0.05) is 31.9 Å². The minimum absolute atomic E-state index is 0.0694. The van der Waals surface area contributed by atoms with Crippen LogP contribution in [0.1, 0.15) is 42.3 Å². The molecule has 1 aliphatic heterocycles. The summed E-state index contributed by atoms with van der Waals surface area (Å²) in [6, 6.07) is 19.8. The summed E-state index contributed by atoms with van der Waals surface area (Å²) in [7, 11) is 0. The van der Waals surface area contributed by atoms with Crippen LogP contribution in [-0.2, 0) is 50.2 Å². The zero-order valence-corrected chi connectivity index (χ0v) is 29.6. The largest absolute Gasteiger partial charge is 0.374 e. The van der Waals surface area contributed by atoms with Gasteiger partial charge in [-0.2, -0.15) is 0 Å². The van der Waals surface area contributed by atoms with E-state index in [1.807, 2.05) is 44.2 Å². The first-order valence-electron chi connectivity index (χ1n) is 15.3. The first-order valence-corrected chi connectivity index (χ1v) is 16.9. The van der Waals surface area contributed by atoms with Crippen molar-refractivity contribution < 1.29 is 23.7 Å². The fourth-order valence-corrected chi connectivity index (χ4v) is 6.28. The Morgan fingerprint density at radius 1 is 0.812 bits per heavy atom. The maximum Gasteiger partial charge on any atom is 0.335 e. The molecule has 4 aromatic rings. The molecule has 3 aromatic carbocycles. The van der Waals surface area contributed by atoms with Crippen LogP contribution in [0.2, 0.25) is 20.1 Å². The van der Waals surface area contributed by atoms with E-state index in [0.29, 0.717) is 31.2 Å². The van der Waals surface area contributed by atoms with Gasteiger partial charge < -0.3 is 23.7 Å². The summed E-state index contributed by atoms with van der Waals surface area (Å²) < 4.78 is 33.6. The number of ether oxygens (including phenoxy) is 5. The molecule has 0 spiro atoms. The molecule has 0 N–H and O–H groups in total. The van der Waals surface area contributed by atoms with Crippen LogP contribution in [0.15, 0.2) is 82.5 Å². The summed E-state index contributed by atoms with van der Waals surface area (Å²) >= 11 is 25.0. The molecule has 1 aromatic heterocycles. The maximum absolute atomic E-state index is 13.9. The van der Waals surface area contributed by atoms with Gasteiger partial charge in [0.15, 0.2) is 6.23 Å². The van der Waals surface area contributed by atoms with E-state index in [1.165, 1.54) is 10.8 Å². The minimum Gasteiger partial charge on any atom is -0.374 e. The Kier molecular flexibility index (Phi) is 12.8. The van der Waals surface area contributed by atoms with Crippen LogP contribution in [-0.4, -0.2) is 40.2 Å². The number of rotatable bonds is 14. The molecule has 0 bridgehead atoms. The van der Waals surface area contributed by atoms with Gasteiger partial charge in [-0.15, -0.1) is 0 Å². The molecule has 5 rings (SSSR count). The van der Waals surface area contributed by atoms with Crippen molar-refractivity contribution in [3.63, 3.8) is 0 Å². The van der Waals surface area contributed by atoms with E-state index in [2.05, 4.69) is 0 Å². The molecule has 13 heteroatoms. The van der Waals surface area contributed by atoms with Crippen molar-refractivity contribution in [2.75, 3.05) is 6.61 Å². The molecule has 2 heterocycles. The topological polar surface area (TPSA) is 90.2 Å². The van der Waals surface area contributed by atoms with Crippen LogP contribution in [0.3, 0.4) is 0 Å². The smallest absolute Gasteiger partial charge is 0.335 e. The van der Waals surface area contributed by atoms with Crippen molar-refractivity contribution in [3.05, 3.63) is 136 Å². The Bertz CT molecular complexity index is 1820. The SMILES string of the molecule is Cc1cn([C@@H]2O[C@H](COCc3ccc(Cl)cc3Cl)[C@@H](OCc3ccc(Cl)cc3Cl)[C@H]2OC(C)C)c(=O)n(COCc2ccccc2)c1=O. The lowest BCUT2D eigenvalue weighted by Crippen LogP contribution is -2.46. The molecule has 4 atom stereocenters. The predicted octanol–water partition coefficient (Wildman–Crippen LogP) is 7.60. The predicted molar refractivity (Wildman–Crippen MR) is 186 cm³/mol. The highest BCUT2D eigenvalue weighted by atomic mass is 35.5. The molecule has 9 nitrogen and oxygen atoms in total. The molecule has 0 amide bonds. The third kappa shape index (κ3) is 9.09. The van der Waals surface area contributed by atoms with Crippen LogP contribution in [0.4, 0.5) is 0 Å². The molecule has 48 heavy (non-hydrogen) atoms. The first-order chi connectivity index (χ1) is 23.0. The monoisotopic (exact) mass is 736 g/mol. The number of hydrogen-bond acceptors (Lipinski definition) is 7. The third-order valence-corrected chi connectivity index (χ3v) is 8.86. The van der Waals surface area contributed by atoms with Crippen LogP contribution >= 0.6 is 46.4 Å². The molecule has 0 saturated carbocycles. The van der Waals surface area contributed by atoms with Gasteiger partial charge in [-0.05, 0) is 61.7 Å². The summed E-state index contributed by atoms with van der Waals surface area (Å²) in [5.74, 6) is 0. The zero-order valence-electron chi connectivity index (χ0n) is 26.6. The number of nitrogens with zero attached hydrogens (tertiary/aromatic N) is 2. The van der Waals surface area contributed by atoms with Crippen LogP contribution in [0.25, 0.3) is 0 Å². The minimum atomic E-state index is -0.974. The second kappa shape index (κ2) is 16.8. The molecule has 0 unspecified atom stereocenters. The van der Waals surface area contributed by atoms with Crippen molar-refractivity contribution in [1.82, 2.24) is 9.13 Å². The number of halogens is 4. The fourth-order valence-electron chi connectivity index (χ4n) is 5.36. The summed E-state index contributed by atoms with van der Waals surface area (Å²) in [5, 5.41) is 1.93. The van der Waals surface area contributed by atoms with Gasteiger partial charge in [0.25, 0.3) is 5.56 Å². The first kappa shape index (κ1) is 36.6. The number of benzene rings is 3. The average Bonchev–Trinajstić information content (AvgIpc) is 3.37. The Labute approximate surface area is 298 Å². The van der Waals surface area contributed by atoms with Gasteiger partial charge >= 0.3 is 5.69 Å². The Balaban J connectivity index is 1.44. The van der Waals surface area contributed by atoms with E-state index in [-0.39, 0.29) is 39.3 Å². The normalized spacial score (nSPS) is 19.3. The third-order valence-electron chi connectivity index (χ3n) is 7.69. The van der Waals surface area contributed by atoms with E-state index >= 15 is 0 Å². The van der Waals surface area contributed by atoms with E-state index in [1.54, 1.807) is 43.3 Å². The molecule has 256 valence electrons. The molecule has 0 radical (unpaired) electrons. The van der Waals surface area contributed by atoms with Gasteiger partial charge in [-0.25, -0.2) is 9.36 Å². The summed E-state index contributed by atoms with van der Waals surface area (Å²) in [6.45, 7) is 5.71. The number of aromatic nitrogens is 2. The second-order valence-corrected chi connectivity index (χ2v) is 13.4. The van der Waals surface area contributed by atoms with Crippen molar-refractivity contribution in [2.24, 2.45) is 0 Å². The molecular formula is C35H36Cl4N2O7. The summed E-state index contributed by atoms with van der Waals surface area (Å²) in [6.07, 6.45) is -1.96. The Morgan fingerprint density at radius 3 is 2.08 bits per heavy atom. The lowest BCUT2D eigenvalue weighted by molar-refractivity contribution is -0.106. The Hall–Kier alpha value is -2.70. The highest BCUT2D eigenvalue weighted by Crippen LogP contribution is 2.35. The fraction of sp³-hybridized carbons (Fsp3) is 0.371. The van der Waals surface area contributed by atoms with Gasteiger partial charge in [0.05, 0.1) is 32.5 Å². The molecule has 1 fully saturated rings. The standard InChI is InChI=1S/C35H36Cl4N2O7/c1-21(2)47-32-31(46-18-25-10-12-27(37)14-29(25)39)30(19-44-17-24-9-11-26(36)13-28(24)38)48-34(32)40-15-22(3)33(42)41(35(40)43)20-45-16-23-7-5-4-6-8-23/h4-15,21,30-32,34H,16-20H2,1-3H3/t30-,31-,32-,34-/m1/s1. The van der Waals surface area contributed by atoms with Gasteiger partial charge in [0.2, 0.25) is 0 Å². The van der Waals surface area contributed by atoms with E-state index in [0.717, 1.165) is 15.7 Å². The Morgan fingerprint density at radius 2 is 1.46 bits per heavy atom. The molecule has 1 saturated heterocycles. The summed E-state index contributed by atoms with van der Waals surface area (Å²) in [4.78, 5) is 27.1. The van der Waals surface area contributed by atoms with Gasteiger partial charge in [-0.3, -0.25) is 9.36 Å². The van der Waals surface area contributed by atoms with E-state index in [4.69, 9.17) is 70.1 Å². The quantitative estimate of drug-likeness (QED) is 0.132. The summed E-state index contributed by atoms with van der Waals surface area (Å²) in [5.41, 5.74) is 1.60. The van der Waals surface area contributed by atoms with E-state index in [9.17, 15) is 9.59 Å². The van der Waals surface area contributed by atoms with Crippen molar-refractivity contribution >= 4 is 46.4 Å². The molecule has 0 aliphatic carbocycles. The van der Waals surface area contributed by atoms with Crippen molar-refractivity contribution in [1.29, 1.82) is 0 Å². The number of aryl methyl sites for hydroxylation is 1. The van der Waals surface area contributed by atoms with Crippen LogP contribution < -0.4 is 11.2 Å². The lowest BCUT2D eigenvalue weighted by Gasteiger charge is -2.27. The van der Waals surface area contributed by atoms with E-state index < -0.39 is 35.8 Å². The average molecular weight is 738 g/mol. The highest BCUT2D eigenvalue weighted by Gasteiger charge is 2.48. The van der Waals surface area contributed by atoms with Crippen LogP contribution in [0.5, 0.6) is 0 Å². The molecular weight excluding hydrogens is 702 g/mol. The highest BCUT2D eigenvalue weighted by molar-refractivity contribution is 6.35. The van der Waals surface area contributed by atoms with Crippen LogP contribution in [0, 0.1) is 6.92 Å². The lowest BCUT2D eigenvalue weighted by atomic mass is 10.1. The maximum atomic E-state index is 13.9.